The molecule has 0 bridgehead atoms. The molecule has 0 fully saturated rings. The second kappa shape index (κ2) is 7.37. The molecule has 0 radical (unpaired) electrons. The van der Waals surface area contributed by atoms with Crippen LogP contribution in [0.3, 0.4) is 0 Å². The van der Waals surface area contributed by atoms with Gasteiger partial charge in [-0.05, 0) is 55.0 Å². The number of nitrogens with zero attached hydrogens (tertiary/aromatic N) is 2. The Hall–Kier alpha value is -3.54. The highest BCUT2D eigenvalue weighted by Crippen LogP contribution is 2.27. The van der Waals surface area contributed by atoms with Crippen LogP contribution in [0.25, 0.3) is 10.9 Å². The van der Waals surface area contributed by atoms with Crippen LogP contribution in [0.5, 0.6) is 17.5 Å². The highest BCUT2D eigenvalue weighted by molar-refractivity contribution is 5.89. The van der Waals surface area contributed by atoms with E-state index in [1.807, 2.05) is 61.5 Å². The number of hydrogen-bond acceptors (Lipinski definition) is 6. The Morgan fingerprint density at radius 3 is 2.48 bits per heavy atom. The van der Waals surface area contributed by atoms with Crippen LogP contribution in [0, 0.1) is 6.92 Å². The van der Waals surface area contributed by atoms with E-state index in [0.717, 1.165) is 28.0 Å². The fourth-order valence-electron chi connectivity index (χ4n) is 2.73. The Morgan fingerprint density at radius 2 is 1.74 bits per heavy atom. The molecule has 0 saturated heterocycles. The number of hydrogen-bond donors (Lipinski definition) is 1. The maximum Gasteiger partial charge on any atom is 0.324 e. The van der Waals surface area contributed by atoms with Gasteiger partial charge in [-0.2, -0.15) is 9.97 Å². The van der Waals surface area contributed by atoms with Gasteiger partial charge in [0.25, 0.3) is 0 Å². The Bertz CT molecular complexity index is 1060. The first kappa shape index (κ1) is 16.9. The van der Waals surface area contributed by atoms with Crippen LogP contribution in [0.15, 0.2) is 65.3 Å². The SMILES string of the molecule is COc1ccc(Oc2nc(NCc3occc3C)c3ccccc3n2)cc1. The van der Waals surface area contributed by atoms with Crippen molar-refractivity contribution in [2.45, 2.75) is 13.5 Å². The van der Waals surface area contributed by atoms with Crippen molar-refractivity contribution < 1.29 is 13.9 Å². The normalized spacial score (nSPS) is 10.7. The summed E-state index contributed by atoms with van der Waals surface area (Å²) in [5.74, 6) is 2.96. The average Bonchev–Trinajstić information content (AvgIpc) is 3.11. The third-order valence-corrected chi connectivity index (χ3v) is 4.24. The van der Waals surface area contributed by atoms with E-state index in [1.165, 1.54) is 0 Å². The standard InChI is InChI=1S/C21H19N3O3/c1-14-11-12-26-19(14)13-22-20-17-5-3-4-6-18(17)23-21(24-20)27-16-9-7-15(25-2)8-10-16/h3-12H,13H2,1-2H3,(H,22,23,24). The number of para-hydroxylation sites is 1. The Kier molecular flexibility index (Phi) is 4.61. The lowest BCUT2D eigenvalue weighted by molar-refractivity contribution is 0.411. The molecule has 6 heteroatoms. The molecule has 2 aromatic heterocycles. The Morgan fingerprint density at radius 1 is 0.963 bits per heavy atom. The molecule has 0 aliphatic rings. The van der Waals surface area contributed by atoms with Gasteiger partial charge in [0, 0.05) is 5.39 Å². The Labute approximate surface area is 156 Å². The lowest BCUT2D eigenvalue weighted by atomic mass is 10.2. The number of furan rings is 1. The number of fused-ring (bicyclic) bond motifs is 1. The molecule has 0 spiro atoms. The van der Waals surface area contributed by atoms with E-state index in [1.54, 1.807) is 13.4 Å². The molecule has 27 heavy (non-hydrogen) atoms. The van der Waals surface area contributed by atoms with Gasteiger partial charge in [-0.1, -0.05) is 12.1 Å². The van der Waals surface area contributed by atoms with Crippen molar-refractivity contribution in [1.82, 2.24) is 9.97 Å². The number of methoxy groups -OCH3 is 1. The predicted octanol–water partition coefficient (Wildman–Crippen LogP) is 4.94. The number of ether oxygens (including phenoxy) is 2. The van der Waals surface area contributed by atoms with Crippen LogP contribution in [0.4, 0.5) is 5.82 Å². The number of nitrogens with one attached hydrogen (secondary N) is 1. The first-order chi connectivity index (χ1) is 13.2. The fraction of sp³-hybridized carbons (Fsp3) is 0.143. The third kappa shape index (κ3) is 3.69. The summed E-state index contributed by atoms with van der Waals surface area (Å²) >= 11 is 0. The number of anilines is 1. The minimum Gasteiger partial charge on any atom is -0.497 e. The summed E-state index contributed by atoms with van der Waals surface area (Å²) < 4.78 is 16.5. The Balaban J connectivity index is 1.63. The summed E-state index contributed by atoms with van der Waals surface area (Å²) in [7, 11) is 1.63. The van der Waals surface area contributed by atoms with Crippen LogP contribution in [0.2, 0.25) is 0 Å². The maximum absolute atomic E-state index is 5.85. The lowest BCUT2D eigenvalue weighted by Crippen LogP contribution is -2.04. The van der Waals surface area contributed by atoms with Gasteiger partial charge >= 0.3 is 6.01 Å². The van der Waals surface area contributed by atoms with Crippen molar-refractivity contribution in [3.63, 3.8) is 0 Å². The predicted molar refractivity (Wildman–Crippen MR) is 103 cm³/mol. The highest BCUT2D eigenvalue weighted by atomic mass is 16.5. The molecule has 2 aromatic carbocycles. The zero-order chi connectivity index (χ0) is 18.6. The molecular formula is C21H19N3O3. The summed E-state index contributed by atoms with van der Waals surface area (Å²) in [5, 5.41) is 4.25. The minimum atomic E-state index is 0.275. The number of aromatic nitrogens is 2. The van der Waals surface area contributed by atoms with Crippen molar-refractivity contribution in [3.05, 3.63) is 72.2 Å². The quantitative estimate of drug-likeness (QED) is 0.524. The van der Waals surface area contributed by atoms with Crippen molar-refractivity contribution >= 4 is 16.7 Å². The summed E-state index contributed by atoms with van der Waals surface area (Å²) in [6.45, 7) is 2.54. The topological polar surface area (TPSA) is 69.4 Å². The van der Waals surface area contributed by atoms with Crippen LogP contribution < -0.4 is 14.8 Å². The minimum absolute atomic E-state index is 0.275. The summed E-state index contributed by atoms with van der Waals surface area (Å²) in [6, 6.07) is 17.3. The molecule has 0 atom stereocenters. The first-order valence-corrected chi connectivity index (χ1v) is 8.58. The third-order valence-electron chi connectivity index (χ3n) is 4.24. The van der Waals surface area contributed by atoms with E-state index in [0.29, 0.717) is 18.1 Å². The van der Waals surface area contributed by atoms with E-state index in [9.17, 15) is 0 Å². The molecule has 0 aliphatic carbocycles. The lowest BCUT2D eigenvalue weighted by Gasteiger charge is -2.11. The molecule has 6 nitrogen and oxygen atoms in total. The summed E-state index contributed by atoms with van der Waals surface area (Å²) in [4.78, 5) is 9.06. The molecule has 0 aliphatic heterocycles. The molecule has 0 amide bonds. The van der Waals surface area contributed by atoms with E-state index < -0.39 is 0 Å². The monoisotopic (exact) mass is 361 g/mol. The smallest absolute Gasteiger partial charge is 0.324 e. The molecule has 2 heterocycles. The zero-order valence-corrected chi connectivity index (χ0v) is 15.1. The summed E-state index contributed by atoms with van der Waals surface area (Å²) in [5.41, 5.74) is 1.89. The maximum atomic E-state index is 5.85. The highest BCUT2D eigenvalue weighted by Gasteiger charge is 2.11. The molecule has 4 aromatic rings. The van der Waals surface area contributed by atoms with Gasteiger partial charge in [0.2, 0.25) is 0 Å². The molecule has 136 valence electrons. The molecular weight excluding hydrogens is 342 g/mol. The number of benzene rings is 2. The van der Waals surface area contributed by atoms with E-state index in [2.05, 4.69) is 15.3 Å². The van der Waals surface area contributed by atoms with Gasteiger partial charge in [0.05, 0.1) is 25.4 Å². The second-order valence-corrected chi connectivity index (χ2v) is 6.03. The fourth-order valence-corrected chi connectivity index (χ4v) is 2.73. The molecule has 1 N–H and O–H groups in total. The van der Waals surface area contributed by atoms with Crippen molar-refractivity contribution in [1.29, 1.82) is 0 Å². The van der Waals surface area contributed by atoms with E-state index in [4.69, 9.17) is 13.9 Å². The van der Waals surface area contributed by atoms with E-state index >= 15 is 0 Å². The van der Waals surface area contributed by atoms with Crippen molar-refractivity contribution in [2.24, 2.45) is 0 Å². The van der Waals surface area contributed by atoms with Gasteiger partial charge in [-0.3, -0.25) is 0 Å². The van der Waals surface area contributed by atoms with E-state index in [-0.39, 0.29) is 6.01 Å². The van der Waals surface area contributed by atoms with Gasteiger partial charge in [-0.15, -0.1) is 0 Å². The number of rotatable bonds is 6. The van der Waals surface area contributed by atoms with Crippen LogP contribution >= 0.6 is 0 Å². The number of aryl methyl sites for hydroxylation is 1. The van der Waals surface area contributed by atoms with Crippen LogP contribution in [0.1, 0.15) is 11.3 Å². The van der Waals surface area contributed by atoms with Gasteiger partial charge in [0.1, 0.15) is 23.1 Å². The van der Waals surface area contributed by atoms with Crippen LogP contribution in [-0.4, -0.2) is 17.1 Å². The van der Waals surface area contributed by atoms with Crippen LogP contribution in [-0.2, 0) is 6.54 Å². The largest absolute Gasteiger partial charge is 0.497 e. The van der Waals surface area contributed by atoms with Gasteiger partial charge < -0.3 is 19.2 Å². The molecule has 0 saturated carbocycles. The summed E-state index contributed by atoms with van der Waals surface area (Å²) in [6.07, 6.45) is 1.68. The molecule has 4 rings (SSSR count). The zero-order valence-electron chi connectivity index (χ0n) is 15.1. The second-order valence-electron chi connectivity index (χ2n) is 6.03. The molecule has 0 unspecified atom stereocenters. The van der Waals surface area contributed by atoms with Gasteiger partial charge in [-0.25, -0.2) is 0 Å². The van der Waals surface area contributed by atoms with Crippen molar-refractivity contribution in [2.75, 3.05) is 12.4 Å². The van der Waals surface area contributed by atoms with Crippen molar-refractivity contribution in [3.8, 4) is 17.5 Å². The average molecular weight is 361 g/mol. The van der Waals surface area contributed by atoms with Gasteiger partial charge in [0.15, 0.2) is 0 Å². The first-order valence-electron chi connectivity index (χ1n) is 8.58.